The maximum absolute atomic E-state index is 5.21. The van der Waals surface area contributed by atoms with Crippen LogP contribution in [0.5, 0.6) is 0 Å². The van der Waals surface area contributed by atoms with E-state index in [1.165, 1.54) is 5.39 Å². The lowest BCUT2D eigenvalue weighted by Gasteiger charge is -2.13. The van der Waals surface area contributed by atoms with Gasteiger partial charge in [0, 0.05) is 50.8 Å². The first kappa shape index (κ1) is 26.5. The van der Waals surface area contributed by atoms with Gasteiger partial charge in [-0.05, 0) is 30.3 Å². The molecule has 7 heteroatoms. The predicted molar refractivity (Wildman–Crippen MR) is 192 cm³/mol. The van der Waals surface area contributed by atoms with Crippen molar-refractivity contribution in [2.24, 2.45) is 0 Å². The number of rotatable bonds is 4. The van der Waals surface area contributed by atoms with Crippen LogP contribution in [0, 0.1) is 0 Å². The van der Waals surface area contributed by atoms with E-state index in [9.17, 15) is 0 Å². The van der Waals surface area contributed by atoms with Crippen LogP contribution in [-0.2, 0) is 0 Å². The topological polar surface area (TPSA) is 74.3 Å². The molecule has 0 unspecified atom stereocenters. The molecule has 0 radical (unpaired) electrons. The van der Waals surface area contributed by atoms with Crippen molar-refractivity contribution in [3.63, 3.8) is 0 Å². The average molecular weight is 616 g/mol. The number of nitrogens with zero attached hydrogens (tertiary/aromatic N) is 7. The Morgan fingerprint density at radius 2 is 0.938 bits per heavy atom. The summed E-state index contributed by atoms with van der Waals surface area (Å²) < 4.78 is 4.55. The van der Waals surface area contributed by atoms with Gasteiger partial charge in [-0.25, -0.2) is 4.98 Å². The highest BCUT2D eigenvalue weighted by Gasteiger charge is 2.24. The summed E-state index contributed by atoms with van der Waals surface area (Å²) in [5, 5.41) is 4.45. The fraction of sp³-hybridized carbons (Fsp3) is 0. The van der Waals surface area contributed by atoms with Crippen LogP contribution in [0.15, 0.2) is 152 Å². The number of hydrogen-bond donors (Lipinski definition) is 0. The van der Waals surface area contributed by atoms with Crippen molar-refractivity contribution < 1.29 is 0 Å². The minimum atomic E-state index is 0.531. The molecule has 0 bridgehead atoms. The van der Waals surface area contributed by atoms with Gasteiger partial charge in [0.25, 0.3) is 0 Å². The Morgan fingerprint density at radius 3 is 1.60 bits per heavy atom. The minimum absolute atomic E-state index is 0.531. The van der Waals surface area contributed by atoms with Gasteiger partial charge >= 0.3 is 0 Å². The van der Waals surface area contributed by atoms with Crippen LogP contribution in [0.1, 0.15) is 0 Å². The van der Waals surface area contributed by atoms with Crippen molar-refractivity contribution in [2.45, 2.75) is 0 Å². The van der Waals surface area contributed by atoms with E-state index in [-0.39, 0.29) is 0 Å². The number of para-hydroxylation sites is 2. The highest BCUT2D eigenvalue weighted by Crippen LogP contribution is 2.42. The summed E-state index contributed by atoms with van der Waals surface area (Å²) in [7, 11) is 0. The SMILES string of the molecule is c1ccc(-c2nc(-c3ccccc3)nc(-n3c4cc5nccnc5cc4c4ccc5c6ccccc6n(-c6ccccc6)c5c43)n2)cc1. The second kappa shape index (κ2) is 10.4. The van der Waals surface area contributed by atoms with Crippen LogP contribution in [0.3, 0.4) is 0 Å². The molecule has 4 aromatic heterocycles. The van der Waals surface area contributed by atoms with Crippen molar-refractivity contribution in [3.8, 4) is 34.4 Å². The molecule has 0 aliphatic carbocycles. The van der Waals surface area contributed by atoms with Crippen LogP contribution in [0.4, 0.5) is 0 Å². The molecule has 10 rings (SSSR count). The molecule has 0 saturated carbocycles. The third kappa shape index (κ3) is 3.98. The van der Waals surface area contributed by atoms with Crippen molar-refractivity contribution in [2.75, 3.05) is 0 Å². The molecule has 0 saturated heterocycles. The first-order valence-electron chi connectivity index (χ1n) is 15.9. The molecule has 0 atom stereocenters. The highest BCUT2D eigenvalue weighted by atomic mass is 15.2. The normalized spacial score (nSPS) is 11.8. The molecule has 10 aromatic rings. The summed E-state index contributed by atoms with van der Waals surface area (Å²) in [4.78, 5) is 24.8. The van der Waals surface area contributed by atoms with Crippen molar-refractivity contribution in [3.05, 3.63) is 152 Å². The summed E-state index contributed by atoms with van der Waals surface area (Å²) in [6.45, 7) is 0. The molecule has 7 nitrogen and oxygen atoms in total. The number of benzene rings is 6. The van der Waals surface area contributed by atoms with E-state index in [4.69, 9.17) is 19.9 Å². The largest absolute Gasteiger partial charge is 0.307 e. The minimum Gasteiger partial charge on any atom is -0.307 e. The molecule has 6 aromatic carbocycles. The Hall–Kier alpha value is -6.73. The molecule has 48 heavy (non-hydrogen) atoms. The molecular weight excluding hydrogens is 591 g/mol. The first-order valence-corrected chi connectivity index (χ1v) is 15.9. The standard InChI is InChI=1S/C41H25N7/c1-4-12-26(13-5-1)39-44-40(27-14-6-2-7-15-27)46-41(45-39)48-36-25-34-33(42-22-23-43-34)24-32(36)31-21-20-30-29-18-10-11-19-35(29)47(37(30)38(31)48)28-16-8-3-9-17-28/h1-25H. The second-order valence-corrected chi connectivity index (χ2v) is 11.8. The van der Waals surface area contributed by atoms with E-state index in [1.54, 1.807) is 12.4 Å². The predicted octanol–water partition coefficient (Wildman–Crippen LogP) is 9.34. The van der Waals surface area contributed by atoms with Crippen molar-refractivity contribution >= 4 is 54.6 Å². The lowest BCUT2D eigenvalue weighted by atomic mass is 10.1. The Labute approximate surface area is 274 Å². The maximum atomic E-state index is 5.21. The highest BCUT2D eigenvalue weighted by molar-refractivity contribution is 6.24. The van der Waals surface area contributed by atoms with Gasteiger partial charge in [-0.15, -0.1) is 0 Å². The smallest absolute Gasteiger partial charge is 0.238 e. The molecule has 0 fully saturated rings. The zero-order chi connectivity index (χ0) is 31.6. The fourth-order valence-corrected chi connectivity index (χ4v) is 6.96. The molecular formula is C41H25N7. The van der Waals surface area contributed by atoms with E-state index in [2.05, 4.69) is 93.0 Å². The van der Waals surface area contributed by atoms with Gasteiger partial charge in [-0.2, -0.15) is 9.97 Å². The molecule has 0 aliphatic heterocycles. The van der Waals surface area contributed by atoms with Crippen molar-refractivity contribution in [1.29, 1.82) is 0 Å². The fourth-order valence-electron chi connectivity index (χ4n) is 6.96. The van der Waals surface area contributed by atoms with E-state index in [1.807, 2.05) is 60.7 Å². The Kier molecular flexibility index (Phi) is 5.74. The van der Waals surface area contributed by atoms with Gasteiger partial charge in [0.1, 0.15) is 0 Å². The monoisotopic (exact) mass is 615 g/mol. The van der Waals surface area contributed by atoms with Crippen LogP contribution >= 0.6 is 0 Å². The zero-order valence-corrected chi connectivity index (χ0v) is 25.6. The Bertz CT molecular complexity index is 2760. The van der Waals surface area contributed by atoms with E-state index < -0.39 is 0 Å². The summed E-state index contributed by atoms with van der Waals surface area (Å²) in [5.74, 6) is 1.74. The van der Waals surface area contributed by atoms with Gasteiger partial charge < -0.3 is 4.57 Å². The summed E-state index contributed by atoms with van der Waals surface area (Å²) in [6, 6.07) is 48.0. The van der Waals surface area contributed by atoms with E-state index in [0.29, 0.717) is 17.6 Å². The van der Waals surface area contributed by atoms with Gasteiger partial charge in [-0.1, -0.05) is 109 Å². The quantitative estimate of drug-likeness (QED) is 0.197. The summed E-state index contributed by atoms with van der Waals surface area (Å²) in [5.41, 5.74) is 8.69. The third-order valence-corrected chi connectivity index (χ3v) is 9.05. The molecule has 0 spiro atoms. The lowest BCUT2D eigenvalue weighted by Crippen LogP contribution is -2.07. The van der Waals surface area contributed by atoms with E-state index >= 15 is 0 Å². The molecule has 0 aliphatic rings. The number of hydrogen-bond acceptors (Lipinski definition) is 5. The van der Waals surface area contributed by atoms with Gasteiger partial charge in [0.2, 0.25) is 5.95 Å². The number of aromatic nitrogens is 7. The third-order valence-electron chi connectivity index (χ3n) is 9.05. The van der Waals surface area contributed by atoms with Crippen LogP contribution in [-0.4, -0.2) is 34.1 Å². The molecule has 4 heterocycles. The first-order chi connectivity index (χ1) is 23.8. The molecule has 0 N–H and O–H groups in total. The van der Waals surface area contributed by atoms with Crippen LogP contribution < -0.4 is 0 Å². The van der Waals surface area contributed by atoms with E-state index in [0.717, 1.165) is 66.1 Å². The zero-order valence-electron chi connectivity index (χ0n) is 25.6. The maximum Gasteiger partial charge on any atom is 0.238 e. The Morgan fingerprint density at radius 1 is 0.396 bits per heavy atom. The van der Waals surface area contributed by atoms with Gasteiger partial charge in [0.15, 0.2) is 11.6 Å². The summed E-state index contributed by atoms with van der Waals surface area (Å²) in [6.07, 6.45) is 3.47. The molecule has 224 valence electrons. The van der Waals surface area contributed by atoms with Crippen LogP contribution in [0.25, 0.3) is 89.1 Å². The number of fused-ring (bicyclic) bond motifs is 8. The average Bonchev–Trinajstić information content (AvgIpc) is 3.67. The Balaban J connectivity index is 1.43. The summed E-state index contributed by atoms with van der Waals surface area (Å²) >= 11 is 0. The lowest BCUT2D eigenvalue weighted by molar-refractivity contribution is 0.953. The van der Waals surface area contributed by atoms with Crippen LogP contribution in [0.2, 0.25) is 0 Å². The van der Waals surface area contributed by atoms with Gasteiger partial charge in [0.05, 0.1) is 33.1 Å². The second-order valence-electron chi connectivity index (χ2n) is 11.8. The molecule has 0 amide bonds. The van der Waals surface area contributed by atoms with Gasteiger partial charge in [-0.3, -0.25) is 14.5 Å². The van der Waals surface area contributed by atoms with Crippen molar-refractivity contribution in [1.82, 2.24) is 34.1 Å².